The summed E-state index contributed by atoms with van der Waals surface area (Å²) in [6.07, 6.45) is 0.718. The van der Waals surface area contributed by atoms with Gasteiger partial charge in [0.25, 0.3) is 5.91 Å². The molecule has 2 N–H and O–H groups in total. The number of likely N-dealkylation sites (tertiary alicyclic amines) is 1. The first kappa shape index (κ1) is 20.6. The summed E-state index contributed by atoms with van der Waals surface area (Å²) in [6, 6.07) is -1.09. The molecular weight excluding hydrogens is 366 g/mol. The maximum absolute atomic E-state index is 12.9. The second-order valence-corrected chi connectivity index (χ2v) is 9.08. The van der Waals surface area contributed by atoms with Crippen LogP contribution in [0.2, 0.25) is 0 Å². The van der Waals surface area contributed by atoms with Crippen LogP contribution in [0.4, 0.5) is 4.79 Å². The molecule has 3 aliphatic rings. The van der Waals surface area contributed by atoms with Crippen LogP contribution in [0, 0.1) is 11.3 Å². The van der Waals surface area contributed by atoms with Crippen molar-refractivity contribution in [3.05, 3.63) is 0 Å². The Labute approximate surface area is 164 Å². The van der Waals surface area contributed by atoms with Crippen LogP contribution < -0.4 is 10.6 Å². The van der Waals surface area contributed by atoms with Crippen molar-refractivity contribution in [1.82, 2.24) is 15.5 Å². The molecule has 0 aromatic carbocycles. The van der Waals surface area contributed by atoms with Gasteiger partial charge in [-0.25, -0.2) is 4.79 Å². The molecule has 0 aromatic rings. The van der Waals surface area contributed by atoms with Gasteiger partial charge in [-0.05, 0) is 40.0 Å². The Balaban J connectivity index is 1.65. The molecule has 3 heterocycles. The molecular formula is C19H29N3O6. The van der Waals surface area contributed by atoms with E-state index in [2.05, 4.69) is 10.6 Å². The number of alkyl carbamates (subject to hydrolysis) is 1. The number of Topliss-reactive ketones (excluding diaryl/α,β-unsaturated/α-hetero) is 1. The summed E-state index contributed by atoms with van der Waals surface area (Å²) < 4.78 is 10.4. The number of carbonyl (C=O) groups is 4. The maximum Gasteiger partial charge on any atom is 0.408 e. The monoisotopic (exact) mass is 395 g/mol. The number of amides is 3. The minimum absolute atomic E-state index is 0.00666. The molecule has 0 bridgehead atoms. The first-order valence-electron chi connectivity index (χ1n) is 9.77. The van der Waals surface area contributed by atoms with Gasteiger partial charge in [-0.2, -0.15) is 0 Å². The second kappa shape index (κ2) is 7.69. The SMILES string of the molecule is CC(C)(C)OC(=O)N[C@@H](C[C@@H]1CCCNC1=O)C(=O)C(=O)N1CC2(COC2)C1. The number of hydrogen-bond acceptors (Lipinski definition) is 6. The topological polar surface area (TPSA) is 114 Å². The van der Waals surface area contributed by atoms with Crippen molar-refractivity contribution in [2.24, 2.45) is 11.3 Å². The molecule has 9 nitrogen and oxygen atoms in total. The standard InChI is InChI=1S/C19H29N3O6/c1-18(2,3)28-17(26)21-13(7-12-5-4-6-20-15(12)24)14(23)16(25)22-8-19(9-22)10-27-11-19/h12-13H,4-11H2,1-3H3,(H,20,24)(H,21,26)/t12-,13-/m0/s1. The fourth-order valence-electron chi connectivity index (χ4n) is 3.81. The average molecular weight is 395 g/mol. The Hall–Kier alpha value is -2.16. The fraction of sp³-hybridized carbons (Fsp3) is 0.789. The predicted octanol–water partition coefficient (Wildman–Crippen LogP) is 0.224. The number of rotatable bonds is 5. The summed E-state index contributed by atoms with van der Waals surface area (Å²) in [6.45, 7) is 7.92. The molecule has 3 amide bonds. The Kier molecular flexibility index (Phi) is 5.65. The number of nitrogens with zero attached hydrogens (tertiary/aromatic N) is 1. The molecule has 2 atom stereocenters. The van der Waals surface area contributed by atoms with Crippen molar-refractivity contribution in [2.75, 3.05) is 32.8 Å². The smallest absolute Gasteiger partial charge is 0.408 e. The van der Waals surface area contributed by atoms with E-state index in [9.17, 15) is 19.2 Å². The first-order chi connectivity index (χ1) is 13.1. The molecule has 1 spiro atoms. The van der Waals surface area contributed by atoms with E-state index < -0.39 is 35.3 Å². The largest absolute Gasteiger partial charge is 0.444 e. The van der Waals surface area contributed by atoms with Gasteiger partial charge in [0, 0.05) is 25.6 Å². The van der Waals surface area contributed by atoms with E-state index in [1.807, 2.05) is 0 Å². The van der Waals surface area contributed by atoms with E-state index in [1.165, 1.54) is 4.90 Å². The summed E-state index contributed by atoms with van der Waals surface area (Å²) >= 11 is 0. The van der Waals surface area contributed by atoms with Gasteiger partial charge >= 0.3 is 6.09 Å². The molecule has 3 fully saturated rings. The number of ketones is 1. The van der Waals surface area contributed by atoms with Crippen LogP contribution in [0.1, 0.15) is 40.0 Å². The maximum atomic E-state index is 12.9. The summed E-state index contributed by atoms with van der Waals surface area (Å²) in [4.78, 5) is 51.3. The molecule has 0 aliphatic carbocycles. The Morgan fingerprint density at radius 1 is 1.32 bits per heavy atom. The lowest BCUT2D eigenvalue weighted by molar-refractivity contribution is -0.195. The summed E-state index contributed by atoms with van der Waals surface area (Å²) in [7, 11) is 0. The van der Waals surface area contributed by atoms with Crippen LogP contribution in [0.5, 0.6) is 0 Å². The fourth-order valence-corrected chi connectivity index (χ4v) is 3.81. The molecule has 156 valence electrons. The minimum atomic E-state index is -1.09. The lowest BCUT2D eigenvalue weighted by atomic mass is 9.77. The zero-order chi connectivity index (χ0) is 20.5. The Morgan fingerprint density at radius 2 is 2.00 bits per heavy atom. The Bertz CT molecular complexity index is 659. The van der Waals surface area contributed by atoms with Gasteiger partial charge in [0.2, 0.25) is 11.7 Å². The number of piperidine rings is 1. The molecule has 9 heteroatoms. The average Bonchev–Trinajstić information content (AvgIpc) is 2.51. The van der Waals surface area contributed by atoms with Crippen molar-refractivity contribution < 1.29 is 28.7 Å². The highest BCUT2D eigenvalue weighted by Gasteiger charge is 2.52. The highest BCUT2D eigenvalue weighted by Crippen LogP contribution is 2.37. The third-order valence-electron chi connectivity index (χ3n) is 5.29. The van der Waals surface area contributed by atoms with Gasteiger partial charge < -0.3 is 25.0 Å². The van der Waals surface area contributed by atoms with Gasteiger partial charge in [0.1, 0.15) is 11.6 Å². The molecule has 0 radical (unpaired) electrons. The third kappa shape index (κ3) is 4.63. The zero-order valence-electron chi connectivity index (χ0n) is 16.7. The third-order valence-corrected chi connectivity index (χ3v) is 5.29. The molecule has 3 aliphatic heterocycles. The number of ether oxygens (including phenoxy) is 2. The zero-order valence-corrected chi connectivity index (χ0v) is 16.7. The number of hydrogen-bond donors (Lipinski definition) is 2. The van der Waals surface area contributed by atoms with Crippen molar-refractivity contribution in [3.8, 4) is 0 Å². The molecule has 0 aromatic heterocycles. The van der Waals surface area contributed by atoms with E-state index in [4.69, 9.17) is 9.47 Å². The van der Waals surface area contributed by atoms with E-state index in [-0.39, 0.29) is 17.7 Å². The normalized spacial score (nSPS) is 24.5. The van der Waals surface area contributed by atoms with Gasteiger partial charge in [-0.1, -0.05) is 0 Å². The van der Waals surface area contributed by atoms with Gasteiger partial charge in [-0.15, -0.1) is 0 Å². The molecule has 0 saturated carbocycles. The minimum Gasteiger partial charge on any atom is -0.444 e. The van der Waals surface area contributed by atoms with Crippen molar-refractivity contribution >= 4 is 23.7 Å². The van der Waals surface area contributed by atoms with E-state index in [0.717, 1.165) is 6.42 Å². The van der Waals surface area contributed by atoms with Crippen LogP contribution in [-0.2, 0) is 23.9 Å². The van der Waals surface area contributed by atoms with Crippen molar-refractivity contribution in [2.45, 2.75) is 51.7 Å². The van der Waals surface area contributed by atoms with Crippen molar-refractivity contribution in [3.63, 3.8) is 0 Å². The van der Waals surface area contributed by atoms with Crippen molar-refractivity contribution in [1.29, 1.82) is 0 Å². The molecule has 3 saturated heterocycles. The summed E-state index contributed by atoms with van der Waals surface area (Å²) in [5.74, 6) is -1.92. The number of nitrogens with one attached hydrogen (secondary N) is 2. The van der Waals surface area contributed by atoms with Crippen LogP contribution in [-0.4, -0.2) is 73.1 Å². The summed E-state index contributed by atoms with van der Waals surface area (Å²) in [5, 5.41) is 5.28. The second-order valence-electron chi connectivity index (χ2n) is 9.08. The predicted molar refractivity (Wildman–Crippen MR) is 98.3 cm³/mol. The lowest BCUT2D eigenvalue weighted by Gasteiger charge is -2.54. The van der Waals surface area contributed by atoms with E-state index in [1.54, 1.807) is 20.8 Å². The number of carbonyl (C=O) groups excluding carboxylic acids is 4. The highest BCUT2D eigenvalue weighted by molar-refractivity contribution is 6.38. The highest BCUT2D eigenvalue weighted by atomic mass is 16.6. The van der Waals surface area contributed by atoms with Crippen LogP contribution in [0.15, 0.2) is 0 Å². The van der Waals surface area contributed by atoms with Gasteiger partial charge in [0.15, 0.2) is 0 Å². The summed E-state index contributed by atoms with van der Waals surface area (Å²) in [5.41, 5.74) is -0.745. The Morgan fingerprint density at radius 3 is 2.54 bits per heavy atom. The van der Waals surface area contributed by atoms with Gasteiger partial charge in [0.05, 0.1) is 18.6 Å². The van der Waals surface area contributed by atoms with Crippen LogP contribution in [0.3, 0.4) is 0 Å². The van der Waals surface area contributed by atoms with Gasteiger partial charge in [-0.3, -0.25) is 14.4 Å². The first-order valence-corrected chi connectivity index (χ1v) is 9.77. The van der Waals surface area contributed by atoms with Crippen LogP contribution >= 0.6 is 0 Å². The van der Waals surface area contributed by atoms with E-state index in [0.29, 0.717) is 39.3 Å². The van der Waals surface area contributed by atoms with Crippen LogP contribution in [0.25, 0.3) is 0 Å². The lowest BCUT2D eigenvalue weighted by Crippen LogP contribution is -2.68. The molecule has 3 rings (SSSR count). The van der Waals surface area contributed by atoms with E-state index >= 15 is 0 Å². The molecule has 28 heavy (non-hydrogen) atoms. The molecule has 0 unspecified atom stereocenters. The quantitative estimate of drug-likeness (QED) is 0.644.